The van der Waals surface area contributed by atoms with Gasteiger partial charge in [0.15, 0.2) is 0 Å². The van der Waals surface area contributed by atoms with Crippen LogP contribution in [0.2, 0.25) is 0 Å². The Labute approximate surface area is 193 Å². The van der Waals surface area contributed by atoms with Crippen molar-refractivity contribution in [2.75, 3.05) is 27.2 Å². The zero-order chi connectivity index (χ0) is 22.9. The van der Waals surface area contributed by atoms with Crippen LogP contribution in [0.5, 0.6) is 5.75 Å². The van der Waals surface area contributed by atoms with Crippen LogP contribution in [0.25, 0.3) is 11.8 Å². The van der Waals surface area contributed by atoms with Gasteiger partial charge in [-0.05, 0) is 66.8 Å². The Morgan fingerprint density at radius 3 is 2.70 bits per heavy atom. The van der Waals surface area contributed by atoms with E-state index in [1.165, 1.54) is 17.7 Å². The van der Waals surface area contributed by atoms with E-state index in [0.29, 0.717) is 6.54 Å². The van der Waals surface area contributed by atoms with Crippen LogP contribution in [-0.4, -0.2) is 52.7 Å². The number of hydrogen-bond donors (Lipinski definition) is 0. The van der Waals surface area contributed by atoms with Crippen LogP contribution in [0.4, 0.5) is 4.39 Å². The summed E-state index contributed by atoms with van der Waals surface area (Å²) in [5.74, 6) is 1.61. The second-order valence-electron chi connectivity index (χ2n) is 8.56. The number of methoxy groups -OCH3 is 1. The molecule has 6 nitrogen and oxygen atoms in total. The Morgan fingerprint density at radius 2 is 1.97 bits per heavy atom. The Kier molecular flexibility index (Phi) is 5.72. The molecule has 2 aromatic carbocycles. The first-order valence-corrected chi connectivity index (χ1v) is 11.2. The average molecular weight is 446 g/mol. The molecule has 0 radical (unpaired) electrons. The number of benzene rings is 2. The van der Waals surface area contributed by atoms with E-state index in [1.807, 2.05) is 29.8 Å². The van der Waals surface area contributed by atoms with E-state index in [4.69, 9.17) is 9.73 Å². The minimum Gasteiger partial charge on any atom is -0.495 e. The van der Waals surface area contributed by atoms with Gasteiger partial charge in [0.2, 0.25) is 0 Å². The van der Waals surface area contributed by atoms with Gasteiger partial charge < -0.3 is 9.30 Å². The van der Waals surface area contributed by atoms with Crippen molar-refractivity contribution in [3.63, 3.8) is 0 Å². The van der Waals surface area contributed by atoms with E-state index in [9.17, 15) is 4.39 Å². The zero-order valence-electron chi connectivity index (χ0n) is 19.2. The average Bonchev–Trinajstić information content (AvgIpc) is 3.26. The lowest BCUT2D eigenvalue weighted by molar-refractivity contribution is 0.0151. The summed E-state index contributed by atoms with van der Waals surface area (Å²) in [5.41, 5.74) is 5.30. The quantitative estimate of drug-likeness (QED) is 0.578. The van der Waals surface area contributed by atoms with E-state index in [0.717, 1.165) is 53.5 Å². The molecule has 0 spiro atoms. The normalized spacial score (nSPS) is 20.0. The van der Waals surface area contributed by atoms with Crippen LogP contribution in [0.1, 0.15) is 35.7 Å². The fourth-order valence-electron chi connectivity index (χ4n) is 4.65. The fourth-order valence-corrected chi connectivity index (χ4v) is 4.65. The minimum absolute atomic E-state index is 0.103. The third kappa shape index (κ3) is 4.16. The van der Waals surface area contributed by atoms with Gasteiger partial charge in [0.1, 0.15) is 17.4 Å². The number of aliphatic imine (C=N–C) groups is 1. The molecule has 33 heavy (non-hydrogen) atoms. The molecule has 1 atom stereocenters. The topological polar surface area (TPSA) is 45.9 Å². The molecule has 1 saturated heterocycles. The molecule has 170 valence electrons. The molecule has 0 amide bonds. The monoisotopic (exact) mass is 445 g/mol. The van der Waals surface area contributed by atoms with Crippen LogP contribution >= 0.6 is 0 Å². The van der Waals surface area contributed by atoms with E-state index < -0.39 is 0 Å². The van der Waals surface area contributed by atoms with Crippen LogP contribution < -0.4 is 4.74 Å². The highest BCUT2D eigenvalue weighted by Crippen LogP contribution is 2.33. The van der Waals surface area contributed by atoms with Crippen molar-refractivity contribution < 1.29 is 9.13 Å². The Morgan fingerprint density at radius 1 is 1.15 bits per heavy atom. The number of amidine groups is 1. The molecule has 3 heterocycles. The van der Waals surface area contributed by atoms with Crippen LogP contribution in [-0.2, 0) is 0 Å². The van der Waals surface area contributed by atoms with Gasteiger partial charge in [0.05, 0.1) is 37.4 Å². The van der Waals surface area contributed by atoms with Crippen molar-refractivity contribution in [3.05, 3.63) is 83.2 Å². The Bertz CT molecular complexity index is 1210. The van der Waals surface area contributed by atoms with Gasteiger partial charge in [0.25, 0.3) is 0 Å². The van der Waals surface area contributed by atoms with E-state index in [1.54, 1.807) is 13.4 Å². The number of hydrazine groups is 1. The predicted octanol–water partition coefficient (Wildman–Crippen LogP) is 4.81. The smallest absolute Gasteiger partial charge is 0.143 e. The van der Waals surface area contributed by atoms with Crippen molar-refractivity contribution in [3.8, 4) is 11.4 Å². The number of aromatic nitrogens is 2. The predicted molar refractivity (Wildman–Crippen MR) is 128 cm³/mol. The molecule has 1 aromatic heterocycles. The summed E-state index contributed by atoms with van der Waals surface area (Å²) >= 11 is 0. The lowest BCUT2D eigenvalue weighted by Gasteiger charge is -2.45. The molecule has 7 heteroatoms. The number of likely N-dealkylation sites (N-methyl/N-ethyl adjacent to an activating group) is 1. The van der Waals surface area contributed by atoms with Crippen molar-refractivity contribution >= 4 is 11.9 Å². The maximum Gasteiger partial charge on any atom is 0.143 e. The number of nitrogens with zero attached hydrogens (tertiary/aromatic N) is 5. The summed E-state index contributed by atoms with van der Waals surface area (Å²) in [6.45, 7) is 3.54. The highest BCUT2D eigenvalue weighted by atomic mass is 19.1. The number of imidazole rings is 1. The molecule has 1 unspecified atom stereocenters. The Hall–Kier alpha value is -3.45. The number of ether oxygens (including phenoxy) is 1. The van der Waals surface area contributed by atoms with Gasteiger partial charge in [0, 0.05) is 19.8 Å². The molecular weight excluding hydrogens is 417 g/mol. The summed E-state index contributed by atoms with van der Waals surface area (Å²) in [6.07, 6.45) is 8.03. The molecule has 0 saturated carbocycles. The van der Waals surface area contributed by atoms with E-state index >= 15 is 0 Å². The molecule has 2 aliphatic heterocycles. The number of hydrogen-bond acceptors (Lipinski definition) is 5. The number of halogens is 1. The van der Waals surface area contributed by atoms with Crippen molar-refractivity contribution in [2.24, 2.45) is 4.99 Å². The number of aryl methyl sites for hydroxylation is 1. The molecule has 1 fully saturated rings. The van der Waals surface area contributed by atoms with Gasteiger partial charge in [-0.25, -0.2) is 14.4 Å². The zero-order valence-corrected chi connectivity index (χ0v) is 19.2. The summed E-state index contributed by atoms with van der Waals surface area (Å²) in [6, 6.07) is 13.1. The maximum absolute atomic E-state index is 13.4. The van der Waals surface area contributed by atoms with Gasteiger partial charge in [-0.15, -0.1) is 0 Å². The Balaban J connectivity index is 1.44. The third-order valence-corrected chi connectivity index (χ3v) is 6.38. The minimum atomic E-state index is -0.214. The fraction of sp³-hybridized carbons (Fsp3) is 0.308. The van der Waals surface area contributed by atoms with Crippen LogP contribution in [0.15, 0.2) is 65.6 Å². The second-order valence-corrected chi connectivity index (χ2v) is 8.56. The van der Waals surface area contributed by atoms with Gasteiger partial charge in [-0.2, -0.15) is 0 Å². The lowest BCUT2D eigenvalue weighted by atomic mass is 9.98. The van der Waals surface area contributed by atoms with Gasteiger partial charge in [-0.3, -0.25) is 10.0 Å². The summed E-state index contributed by atoms with van der Waals surface area (Å²) < 4.78 is 21.0. The molecule has 0 N–H and O–H groups in total. The number of fused-ring (bicyclic) bond motifs is 1. The van der Waals surface area contributed by atoms with Crippen LogP contribution in [0.3, 0.4) is 0 Å². The first kappa shape index (κ1) is 21.4. The lowest BCUT2D eigenvalue weighted by Crippen LogP contribution is -2.52. The molecule has 3 aromatic rings. The molecular formula is C26H28FN5O. The van der Waals surface area contributed by atoms with Crippen molar-refractivity contribution in [1.29, 1.82) is 0 Å². The number of piperidine rings is 1. The maximum atomic E-state index is 13.4. The summed E-state index contributed by atoms with van der Waals surface area (Å²) in [4.78, 5) is 9.29. The first-order chi connectivity index (χ1) is 16.0. The molecule has 0 aliphatic carbocycles. The molecule has 2 aliphatic rings. The third-order valence-electron chi connectivity index (χ3n) is 6.38. The van der Waals surface area contributed by atoms with Gasteiger partial charge >= 0.3 is 0 Å². The van der Waals surface area contributed by atoms with Crippen molar-refractivity contribution in [2.45, 2.75) is 25.8 Å². The molecule has 5 rings (SSSR count). The molecule has 0 bridgehead atoms. The van der Waals surface area contributed by atoms with Crippen LogP contribution in [0, 0.1) is 12.7 Å². The highest BCUT2D eigenvalue weighted by Gasteiger charge is 2.33. The SMILES string of the molecule is COc1cc(C=C2CCCN3C2=NCC(c2ccc(F)cc2)N3C)ccc1-n1cnc(C)c1. The highest BCUT2D eigenvalue weighted by molar-refractivity contribution is 6.02. The summed E-state index contributed by atoms with van der Waals surface area (Å²) in [7, 11) is 3.79. The standard InChI is InChI=1S/C26H28FN5O/c1-18-16-31(17-29-18)23-11-6-19(14-25(23)33-3)13-21-5-4-12-32-26(21)28-15-24(30(32)2)20-7-9-22(27)10-8-20/h6-11,13-14,16-17,24H,4-5,12,15H2,1-3H3. The summed E-state index contributed by atoms with van der Waals surface area (Å²) in [5, 5.41) is 4.50. The van der Waals surface area contributed by atoms with Gasteiger partial charge in [-0.1, -0.05) is 18.2 Å². The van der Waals surface area contributed by atoms with Crippen molar-refractivity contribution in [1.82, 2.24) is 19.6 Å². The largest absolute Gasteiger partial charge is 0.495 e. The van der Waals surface area contributed by atoms with E-state index in [2.05, 4.69) is 46.3 Å². The number of rotatable bonds is 4. The van der Waals surface area contributed by atoms with E-state index in [-0.39, 0.29) is 11.9 Å². The second kappa shape index (κ2) is 8.83. The first-order valence-electron chi connectivity index (χ1n) is 11.2.